The smallest absolute Gasteiger partial charge is 0.338 e. The van der Waals surface area contributed by atoms with Gasteiger partial charge in [-0.15, -0.1) is 0 Å². The molecule has 0 aliphatic rings. The quantitative estimate of drug-likeness (QED) is 0.644. The SMILES string of the molecule is CCC(C)(C)Oc1ccc(C(=O)OC(c2ccccc2)C(F)(F)C(=O)[O-])cc1. The van der Waals surface area contributed by atoms with Crippen molar-refractivity contribution in [2.75, 3.05) is 0 Å². The summed E-state index contributed by atoms with van der Waals surface area (Å²) in [7, 11) is 0. The molecule has 0 amide bonds. The molecule has 0 spiro atoms. The second-order valence-corrected chi connectivity index (χ2v) is 6.85. The molecule has 150 valence electrons. The van der Waals surface area contributed by atoms with E-state index in [1.807, 2.05) is 20.8 Å². The van der Waals surface area contributed by atoms with Crippen molar-refractivity contribution in [1.82, 2.24) is 0 Å². The Balaban J connectivity index is 2.23. The number of carbonyl (C=O) groups is 2. The molecule has 0 fully saturated rings. The molecule has 0 radical (unpaired) electrons. The lowest BCUT2D eigenvalue weighted by Crippen LogP contribution is -2.47. The van der Waals surface area contributed by atoms with Crippen LogP contribution >= 0.6 is 0 Å². The van der Waals surface area contributed by atoms with Crippen LogP contribution in [0.1, 0.15) is 49.2 Å². The monoisotopic (exact) mass is 391 g/mol. The van der Waals surface area contributed by atoms with Gasteiger partial charge < -0.3 is 19.4 Å². The van der Waals surface area contributed by atoms with Crippen LogP contribution in [0.4, 0.5) is 8.78 Å². The van der Waals surface area contributed by atoms with Crippen molar-refractivity contribution in [2.45, 2.75) is 44.8 Å². The van der Waals surface area contributed by atoms with Crippen molar-refractivity contribution < 1.29 is 33.0 Å². The predicted octanol–water partition coefficient (Wildman–Crippen LogP) is 3.54. The maximum atomic E-state index is 14.1. The molecule has 5 nitrogen and oxygen atoms in total. The van der Waals surface area contributed by atoms with Crippen LogP contribution in [-0.2, 0) is 9.53 Å². The molecular weight excluding hydrogens is 370 g/mol. The molecule has 0 bridgehead atoms. The first kappa shape index (κ1) is 21.3. The number of aliphatic carboxylic acids is 1. The highest BCUT2D eigenvalue weighted by Gasteiger charge is 2.45. The molecule has 0 aliphatic heterocycles. The van der Waals surface area contributed by atoms with Gasteiger partial charge in [0.05, 0.1) is 5.56 Å². The minimum Gasteiger partial charge on any atom is -0.544 e. The summed E-state index contributed by atoms with van der Waals surface area (Å²) in [5, 5.41) is 10.9. The number of hydrogen-bond acceptors (Lipinski definition) is 5. The molecule has 0 aromatic heterocycles. The van der Waals surface area contributed by atoms with E-state index < -0.39 is 29.6 Å². The minimum atomic E-state index is -4.40. The molecule has 2 rings (SSSR count). The van der Waals surface area contributed by atoms with Crippen LogP contribution in [-0.4, -0.2) is 23.5 Å². The van der Waals surface area contributed by atoms with E-state index >= 15 is 0 Å². The van der Waals surface area contributed by atoms with Crippen LogP contribution in [0.25, 0.3) is 0 Å². The van der Waals surface area contributed by atoms with E-state index in [2.05, 4.69) is 0 Å². The lowest BCUT2D eigenvalue weighted by atomic mass is 10.0. The lowest BCUT2D eigenvalue weighted by Gasteiger charge is -2.28. The van der Waals surface area contributed by atoms with Gasteiger partial charge in [0.1, 0.15) is 17.3 Å². The Morgan fingerprint density at radius 2 is 1.61 bits per heavy atom. The molecule has 2 aromatic carbocycles. The Morgan fingerprint density at radius 3 is 2.11 bits per heavy atom. The number of halogens is 2. The fraction of sp³-hybridized carbons (Fsp3) is 0.333. The van der Waals surface area contributed by atoms with Crippen molar-refractivity contribution in [1.29, 1.82) is 0 Å². The number of carbonyl (C=O) groups excluding carboxylic acids is 2. The van der Waals surface area contributed by atoms with Crippen LogP contribution in [0.15, 0.2) is 54.6 Å². The number of alkyl halides is 2. The van der Waals surface area contributed by atoms with Gasteiger partial charge in [0.2, 0.25) is 0 Å². The Hall–Kier alpha value is -2.96. The molecule has 2 aromatic rings. The number of hydrogen-bond donors (Lipinski definition) is 0. The number of rotatable bonds is 8. The lowest BCUT2D eigenvalue weighted by molar-refractivity contribution is -0.336. The molecule has 0 saturated carbocycles. The molecule has 0 heterocycles. The number of ether oxygens (including phenoxy) is 2. The number of carboxylic acids is 1. The highest BCUT2D eigenvalue weighted by molar-refractivity contribution is 5.90. The average molecular weight is 391 g/mol. The predicted molar refractivity (Wildman–Crippen MR) is 96.0 cm³/mol. The zero-order chi connectivity index (χ0) is 20.9. The third-order valence-corrected chi connectivity index (χ3v) is 4.26. The van der Waals surface area contributed by atoms with Gasteiger partial charge in [-0.1, -0.05) is 37.3 Å². The van der Waals surface area contributed by atoms with Crippen molar-refractivity contribution in [2.24, 2.45) is 0 Å². The van der Waals surface area contributed by atoms with E-state index in [1.54, 1.807) is 6.07 Å². The zero-order valence-corrected chi connectivity index (χ0v) is 15.8. The topological polar surface area (TPSA) is 75.7 Å². The summed E-state index contributed by atoms with van der Waals surface area (Å²) >= 11 is 0. The first-order valence-electron chi connectivity index (χ1n) is 8.71. The van der Waals surface area contributed by atoms with E-state index in [0.29, 0.717) is 5.75 Å². The van der Waals surface area contributed by atoms with Crippen LogP contribution in [0.5, 0.6) is 5.75 Å². The van der Waals surface area contributed by atoms with Crippen molar-refractivity contribution in [3.8, 4) is 5.75 Å². The summed E-state index contributed by atoms with van der Waals surface area (Å²) in [5.41, 5.74) is -0.580. The number of esters is 1. The fourth-order valence-corrected chi connectivity index (χ4v) is 2.31. The number of carboxylic acid groups (broad SMARTS) is 1. The summed E-state index contributed by atoms with van der Waals surface area (Å²) in [5.74, 6) is -7.61. The van der Waals surface area contributed by atoms with Gasteiger partial charge in [-0.2, -0.15) is 8.78 Å². The van der Waals surface area contributed by atoms with Gasteiger partial charge >= 0.3 is 11.9 Å². The summed E-state index contributed by atoms with van der Waals surface area (Å²) in [6, 6.07) is 12.7. The summed E-state index contributed by atoms with van der Waals surface area (Å²) in [4.78, 5) is 23.2. The van der Waals surface area contributed by atoms with E-state index in [9.17, 15) is 23.5 Å². The van der Waals surface area contributed by atoms with Crippen molar-refractivity contribution in [3.05, 3.63) is 65.7 Å². The highest BCUT2D eigenvalue weighted by atomic mass is 19.3. The van der Waals surface area contributed by atoms with Crippen LogP contribution in [0.3, 0.4) is 0 Å². The van der Waals surface area contributed by atoms with E-state index in [1.165, 1.54) is 48.5 Å². The standard InChI is InChI=1S/C21H22F2O5/c1-4-20(2,3)28-16-12-10-15(11-13-16)18(24)27-17(21(22,23)19(25)26)14-8-6-5-7-9-14/h5-13,17H,4H2,1-3H3,(H,25,26)/p-1. The van der Waals surface area contributed by atoms with E-state index in [4.69, 9.17) is 9.47 Å². The molecule has 0 N–H and O–H groups in total. The van der Waals surface area contributed by atoms with Gasteiger partial charge in [-0.05, 0) is 50.1 Å². The summed E-state index contributed by atoms with van der Waals surface area (Å²) in [6.45, 7) is 5.77. The normalized spacial score (nSPS) is 12.9. The Labute approximate surface area is 161 Å². The second-order valence-electron chi connectivity index (χ2n) is 6.85. The van der Waals surface area contributed by atoms with Gasteiger partial charge in [-0.25, -0.2) is 4.79 Å². The van der Waals surface area contributed by atoms with E-state index in [-0.39, 0.29) is 11.1 Å². The van der Waals surface area contributed by atoms with Gasteiger partial charge in [0.15, 0.2) is 6.10 Å². The Morgan fingerprint density at radius 1 is 1.04 bits per heavy atom. The van der Waals surface area contributed by atoms with Gasteiger partial charge in [0, 0.05) is 0 Å². The fourth-order valence-electron chi connectivity index (χ4n) is 2.31. The molecule has 28 heavy (non-hydrogen) atoms. The molecular formula is C21H21F2O5-. The Kier molecular flexibility index (Phi) is 6.38. The first-order chi connectivity index (χ1) is 13.1. The molecule has 7 heteroatoms. The maximum absolute atomic E-state index is 14.1. The van der Waals surface area contributed by atoms with Crippen LogP contribution in [0, 0.1) is 0 Å². The van der Waals surface area contributed by atoms with Crippen molar-refractivity contribution >= 4 is 11.9 Å². The van der Waals surface area contributed by atoms with Crippen molar-refractivity contribution in [3.63, 3.8) is 0 Å². The number of benzene rings is 2. The maximum Gasteiger partial charge on any atom is 0.338 e. The second kappa shape index (κ2) is 8.37. The van der Waals surface area contributed by atoms with Gasteiger partial charge in [-0.3, -0.25) is 0 Å². The molecule has 1 atom stereocenters. The highest BCUT2D eigenvalue weighted by Crippen LogP contribution is 2.35. The molecule has 0 aliphatic carbocycles. The zero-order valence-electron chi connectivity index (χ0n) is 15.8. The van der Waals surface area contributed by atoms with Gasteiger partial charge in [0.25, 0.3) is 0 Å². The molecule has 1 unspecified atom stereocenters. The summed E-state index contributed by atoms with van der Waals surface area (Å²) < 4.78 is 38.8. The third kappa shape index (κ3) is 5.06. The Bertz CT molecular complexity index is 816. The first-order valence-corrected chi connectivity index (χ1v) is 8.71. The largest absolute Gasteiger partial charge is 0.544 e. The third-order valence-electron chi connectivity index (χ3n) is 4.26. The van der Waals surface area contributed by atoms with E-state index in [0.717, 1.165) is 6.42 Å². The summed E-state index contributed by atoms with van der Waals surface area (Å²) in [6.07, 6.45) is -1.56. The molecule has 0 saturated heterocycles. The average Bonchev–Trinajstić information content (AvgIpc) is 2.66. The van der Waals surface area contributed by atoms with Crippen LogP contribution in [0.2, 0.25) is 0 Å². The van der Waals surface area contributed by atoms with Crippen LogP contribution < -0.4 is 9.84 Å². The minimum absolute atomic E-state index is 0.0169.